The molecule has 0 saturated heterocycles. The van der Waals surface area contributed by atoms with Crippen molar-refractivity contribution in [2.75, 3.05) is 6.54 Å². The summed E-state index contributed by atoms with van der Waals surface area (Å²) >= 11 is 6.10. The van der Waals surface area contributed by atoms with Crippen LogP contribution in [0.1, 0.15) is 11.3 Å². The summed E-state index contributed by atoms with van der Waals surface area (Å²) in [7, 11) is 0. The quantitative estimate of drug-likeness (QED) is 0.759. The predicted octanol–water partition coefficient (Wildman–Crippen LogP) is 1.91. The monoisotopic (exact) mass is 209 g/mol. The topological polar surface area (TPSA) is 43.4 Å². The third kappa shape index (κ3) is 1.41. The number of nitrogens with one attached hydrogen (secondary N) is 1. The lowest BCUT2D eigenvalue weighted by Gasteiger charge is -1.96. The fraction of sp³-hybridized carbons (Fsp3) is 0.273. The molecule has 0 radical (unpaired) electrons. The maximum absolute atomic E-state index is 6.10. The normalized spacial score (nSPS) is 11.1. The van der Waals surface area contributed by atoms with Gasteiger partial charge in [0.25, 0.3) is 0 Å². The summed E-state index contributed by atoms with van der Waals surface area (Å²) in [5, 5.41) is 2.03. The van der Waals surface area contributed by atoms with Gasteiger partial charge in [0.15, 0.2) is 0 Å². The van der Waals surface area contributed by atoms with Crippen molar-refractivity contribution in [2.45, 2.75) is 13.3 Å². The first-order valence-electron chi connectivity index (χ1n) is 4.79. The first-order chi connectivity index (χ1) is 6.74. The Morgan fingerprint density at radius 3 is 2.93 bits per heavy atom. The summed E-state index contributed by atoms with van der Waals surface area (Å²) < 4.78 is 0. The van der Waals surface area contributed by atoms with E-state index >= 15 is 0 Å². The molecule has 2 aromatic rings. The van der Waals surface area contributed by atoms with Gasteiger partial charge in [0.2, 0.25) is 0 Å². The number of hydrogen-bond acceptors (Lipinski definition) is 0. The van der Waals surface area contributed by atoms with E-state index in [1.54, 1.807) is 0 Å². The van der Waals surface area contributed by atoms with Crippen LogP contribution in [0.15, 0.2) is 18.2 Å². The molecular weight excluding hydrogens is 196 g/mol. The van der Waals surface area contributed by atoms with E-state index in [2.05, 4.69) is 23.7 Å². The SMILES string of the molecule is Cc1[nH]c2c(Cl)cccc2c1CC[NH3+]. The van der Waals surface area contributed by atoms with Crippen LogP contribution in [-0.2, 0) is 6.42 Å². The molecule has 0 saturated carbocycles. The number of rotatable bonds is 2. The van der Waals surface area contributed by atoms with Crippen molar-refractivity contribution < 1.29 is 5.73 Å². The highest BCUT2D eigenvalue weighted by Crippen LogP contribution is 2.27. The van der Waals surface area contributed by atoms with E-state index < -0.39 is 0 Å². The van der Waals surface area contributed by atoms with Crippen LogP contribution >= 0.6 is 11.6 Å². The molecule has 0 spiro atoms. The standard InChI is InChI=1S/C11H13ClN2/c1-7-8(5-6-13)9-3-2-4-10(12)11(9)14-7/h2-4,14H,5-6,13H2,1H3/p+1. The highest BCUT2D eigenvalue weighted by Gasteiger charge is 2.09. The van der Waals surface area contributed by atoms with Crippen LogP contribution in [0.2, 0.25) is 5.02 Å². The molecule has 0 aliphatic carbocycles. The van der Waals surface area contributed by atoms with Crippen molar-refractivity contribution in [1.82, 2.24) is 4.98 Å². The number of para-hydroxylation sites is 1. The van der Waals surface area contributed by atoms with Crippen molar-refractivity contribution in [2.24, 2.45) is 0 Å². The molecule has 1 aromatic heterocycles. The molecule has 0 aliphatic rings. The Hall–Kier alpha value is -0.990. The van der Waals surface area contributed by atoms with Crippen LogP contribution in [0.5, 0.6) is 0 Å². The summed E-state index contributed by atoms with van der Waals surface area (Å²) in [5.41, 5.74) is 7.49. The fourth-order valence-corrected chi connectivity index (χ4v) is 2.09. The Morgan fingerprint density at radius 2 is 2.21 bits per heavy atom. The van der Waals surface area contributed by atoms with Crippen molar-refractivity contribution in [1.29, 1.82) is 0 Å². The van der Waals surface area contributed by atoms with Crippen LogP contribution in [0.3, 0.4) is 0 Å². The van der Waals surface area contributed by atoms with Crippen molar-refractivity contribution in [3.8, 4) is 0 Å². The Kier molecular flexibility index (Phi) is 2.48. The first-order valence-corrected chi connectivity index (χ1v) is 5.16. The van der Waals surface area contributed by atoms with Gasteiger partial charge in [-0.1, -0.05) is 23.7 Å². The van der Waals surface area contributed by atoms with Crippen LogP contribution in [-0.4, -0.2) is 11.5 Å². The highest BCUT2D eigenvalue weighted by atomic mass is 35.5. The molecule has 0 aliphatic heterocycles. The second kappa shape index (κ2) is 3.64. The summed E-state index contributed by atoms with van der Waals surface area (Å²) in [6.07, 6.45) is 1.01. The number of aromatic nitrogens is 1. The van der Waals surface area contributed by atoms with Crippen molar-refractivity contribution >= 4 is 22.5 Å². The number of aromatic amines is 1. The summed E-state index contributed by atoms with van der Waals surface area (Å²) in [6, 6.07) is 6.01. The molecule has 14 heavy (non-hydrogen) atoms. The van der Waals surface area contributed by atoms with Crippen molar-refractivity contribution in [3.63, 3.8) is 0 Å². The minimum atomic E-state index is 0.793. The van der Waals surface area contributed by atoms with E-state index in [9.17, 15) is 0 Å². The molecule has 0 fully saturated rings. The first kappa shape index (κ1) is 9.56. The molecule has 1 heterocycles. The lowest BCUT2D eigenvalue weighted by atomic mass is 10.1. The maximum Gasteiger partial charge on any atom is 0.0781 e. The minimum Gasteiger partial charge on any atom is -0.357 e. The molecule has 1 aromatic carbocycles. The molecular formula is C11H14ClN2+. The number of benzene rings is 1. The highest BCUT2D eigenvalue weighted by molar-refractivity contribution is 6.35. The van der Waals surface area contributed by atoms with E-state index in [0.717, 1.165) is 23.5 Å². The van der Waals surface area contributed by atoms with Crippen molar-refractivity contribution in [3.05, 3.63) is 34.5 Å². The number of fused-ring (bicyclic) bond motifs is 1. The number of hydrogen-bond donors (Lipinski definition) is 2. The van der Waals surface area contributed by atoms with E-state index in [1.165, 1.54) is 16.6 Å². The van der Waals surface area contributed by atoms with E-state index in [4.69, 9.17) is 11.6 Å². The molecule has 74 valence electrons. The number of H-pyrrole nitrogens is 1. The lowest BCUT2D eigenvalue weighted by Crippen LogP contribution is -2.51. The average Bonchev–Trinajstić information content (AvgIpc) is 2.47. The lowest BCUT2D eigenvalue weighted by molar-refractivity contribution is -0.366. The molecule has 2 nitrogen and oxygen atoms in total. The molecule has 2 rings (SSSR count). The van der Waals surface area contributed by atoms with Crippen LogP contribution in [0, 0.1) is 6.92 Å². The van der Waals surface area contributed by atoms with E-state index in [-0.39, 0.29) is 0 Å². The third-order valence-electron chi connectivity index (χ3n) is 2.53. The average molecular weight is 210 g/mol. The molecule has 4 N–H and O–H groups in total. The Balaban J connectivity index is 2.70. The smallest absolute Gasteiger partial charge is 0.0781 e. The summed E-state index contributed by atoms with van der Waals surface area (Å²) in [5.74, 6) is 0. The second-order valence-corrected chi connectivity index (χ2v) is 3.90. The zero-order valence-electron chi connectivity index (χ0n) is 8.23. The second-order valence-electron chi connectivity index (χ2n) is 3.49. The van der Waals surface area contributed by atoms with Crippen LogP contribution in [0.25, 0.3) is 10.9 Å². The summed E-state index contributed by atoms with van der Waals surface area (Å²) in [6.45, 7) is 3.00. The number of quaternary nitrogens is 1. The number of aryl methyl sites for hydroxylation is 1. The number of halogens is 1. The zero-order chi connectivity index (χ0) is 10.1. The maximum atomic E-state index is 6.10. The molecule has 0 unspecified atom stereocenters. The van der Waals surface area contributed by atoms with Crippen LogP contribution in [0.4, 0.5) is 0 Å². The summed E-state index contributed by atoms with van der Waals surface area (Å²) in [4.78, 5) is 3.32. The molecule has 3 heteroatoms. The van der Waals surface area contributed by atoms with Gasteiger partial charge in [0, 0.05) is 17.5 Å². The van der Waals surface area contributed by atoms with Gasteiger partial charge in [0.05, 0.1) is 17.1 Å². The van der Waals surface area contributed by atoms with E-state index in [0.29, 0.717) is 0 Å². The molecule has 0 atom stereocenters. The minimum absolute atomic E-state index is 0.793. The Morgan fingerprint density at radius 1 is 1.43 bits per heavy atom. The van der Waals surface area contributed by atoms with Gasteiger partial charge >= 0.3 is 0 Å². The van der Waals surface area contributed by atoms with Gasteiger partial charge < -0.3 is 10.7 Å². The van der Waals surface area contributed by atoms with Gasteiger partial charge in [-0.2, -0.15) is 0 Å². The van der Waals surface area contributed by atoms with Gasteiger partial charge in [-0.3, -0.25) is 0 Å². The third-order valence-corrected chi connectivity index (χ3v) is 2.85. The van der Waals surface area contributed by atoms with Gasteiger partial charge in [-0.05, 0) is 18.6 Å². The van der Waals surface area contributed by atoms with E-state index in [1.807, 2.05) is 12.1 Å². The zero-order valence-corrected chi connectivity index (χ0v) is 8.99. The molecule has 0 bridgehead atoms. The van der Waals surface area contributed by atoms with Gasteiger partial charge in [-0.15, -0.1) is 0 Å². The Bertz CT molecular complexity index is 460. The van der Waals surface area contributed by atoms with Crippen LogP contribution < -0.4 is 5.73 Å². The van der Waals surface area contributed by atoms with Gasteiger partial charge in [0.1, 0.15) is 0 Å². The van der Waals surface area contributed by atoms with Gasteiger partial charge in [-0.25, -0.2) is 0 Å². The molecule has 0 amide bonds. The Labute approximate surface area is 88.1 Å². The largest absolute Gasteiger partial charge is 0.357 e. The fourth-order valence-electron chi connectivity index (χ4n) is 1.87. The predicted molar refractivity (Wildman–Crippen MR) is 59.5 cm³/mol.